The summed E-state index contributed by atoms with van der Waals surface area (Å²) in [6.45, 7) is 4.80. The molecule has 0 saturated carbocycles. The van der Waals surface area contributed by atoms with Gasteiger partial charge in [0.1, 0.15) is 0 Å². The summed E-state index contributed by atoms with van der Waals surface area (Å²) >= 11 is 4.62. The average Bonchev–Trinajstić information content (AvgIpc) is 1.85. The quantitative estimate of drug-likeness (QED) is 0.640. The third kappa shape index (κ3) is 3.46. The van der Waals surface area contributed by atoms with E-state index in [2.05, 4.69) is 16.9 Å². The van der Waals surface area contributed by atoms with Gasteiger partial charge in [0.05, 0.1) is 16.3 Å². The Kier molecular flexibility index (Phi) is 4.09. The monoisotopic (exact) mass is 210 g/mol. The van der Waals surface area contributed by atoms with Crippen molar-refractivity contribution in [3.05, 3.63) is 0 Å². The number of nitrogens with two attached hydrogens (primary N) is 1. The van der Waals surface area contributed by atoms with Crippen molar-refractivity contribution in [3.63, 3.8) is 0 Å². The number of nitrogens with one attached hydrogen (secondary N) is 1. The van der Waals surface area contributed by atoms with Crippen molar-refractivity contribution < 1.29 is 8.42 Å². The van der Waals surface area contributed by atoms with Gasteiger partial charge in [-0.25, -0.2) is 13.1 Å². The molecule has 72 valence electrons. The lowest BCUT2D eigenvalue weighted by atomic mass is 10.4. The van der Waals surface area contributed by atoms with Crippen LogP contribution < -0.4 is 10.5 Å². The van der Waals surface area contributed by atoms with Crippen LogP contribution in [0.15, 0.2) is 0 Å². The number of sulfonamides is 1. The first-order valence-electron chi connectivity index (χ1n) is 3.58. The Bertz CT molecular complexity index is 259. The summed E-state index contributed by atoms with van der Waals surface area (Å²) in [5.74, 6) is 0. The first kappa shape index (κ1) is 11.8. The number of hydrogen-bond donors (Lipinski definition) is 2. The van der Waals surface area contributed by atoms with Crippen LogP contribution in [-0.2, 0) is 10.0 Å². The highest BCUT2D eigenvalue weighted by atomic mass is 32.2. The molecule has 6 heteroatoms. The Morgan fingerprint density at radius 1 is 1.42 bits per heavy atom. The molecule has 0 aromatic heterocycles. The van der Waals surface area contributed by atoms with Crippen LogP contribution in [-0.4, -0.2) is 24.7 Å². The number of thiocarbonyl (C=S) groups is 1. The van der Waals surface area contributed by atoms with Gasteiger partial charge < -0.3 is 5.73 Å². The zero-order valence-electron chi connectivity index (χ0n) is 7.37. The first-order valence-corrected chi connectivity index (χ1v) is 5.53. The summed E-state index contributed by atoms with van der Waals surface area (Å²) < 4.78 is 24.8. The summed E-state index contributed by atoms with van der Waals surface area (Å²) in [6.07, 6.45) is 0. The zero-order chi connectivity index (χ0) is 9.94. The van der Waals surface area contributed by atoms with Gasteiger partial charge in [0.25, 0.3) is 0 Å². The third-order valence-corrected chi connectivity index (χ3v) is 3.67. The van der Waals surface area contributed by atoms with Crippen molar-refractivity contribution in [1.29, 1.82) is 0 Å². The molecule has 1 unspecified atom stereocenters. The van der Waals surface area contributed by atoms with Crippen molar-refractivity contribution in [2.45, 2.75) is 32.1 Å². The predicted molar refractivity (Wildman–Crippen MR) is 53.4 cm³/mol. The van der Waals surface area contributed by atoms with Crippen LogP contribution in [0, 0.1) is 0 Å². The fraction of sp³-hybridized carbons (Fsp3) is 0.833. The molecule has 0 aliphatic carbocycles. The van der Waals surface area contributed by atoms with Crippen molar-refractivity contribution in [1.82, 2.24) is 4.72 Å². The van der Waals surface area contributed by atoms with Crippen molar-refractivity contribution >= 4 is 27.2 Å². The van der Waals surface area contributed by atoms with Crippen LogP contribution in [0.1, 0.15) is 20.8 Å². The van der Waals surface area contributed by atoms with Crippen LogP contribution in [0.4, 0.5) is 0 Å². The average molecular weight is 210 g/mol. The van der Waals surface area contributed by atoms with Crippen LogP contribution >= 0.6 is 12.2 Å². The SMILES string of the molecule is CC(NS(=O)(=O)C(C)C)C(N)=S. The summed E-state index contributed by atoms with van der Waals surface area (Å²) in [6, 6.07) is -0.479. The Balaban J connectivity index is 4.37. The second-order valence-electron chi connectivity index (χ2n) is 2.84. The lowest BCUT2D eigenvalue weighted by molar-refractivity contribution is 0.569. The minimum atomic E-state index is -3.26. The zero-order valence-corrected chi connectivity index (χ0v) is 9.00. The summed E-state index contributed by atoms with van der Waals surface area (Å²) in [7, 11) is -3.26. The molecule has 0 rings (SSSR count). The largest absolute Gasteiger partial charge is 0.392 e. The molecule has 0 aliphatic rings. The van der Waals surface area contributed by atoms with Gasteiger partial charge in [-0.1, -0.05) is 12.2 Å². The topological polar surface area (TPSA) is 72.2 Å². The molecule has 0 spiro atoms. The second kappa shape index (κ2) is 4.15. The molecule has 0 fully saturated rings. The van der Waals surface area contributed by atoms with E-state index in [9.17, 15) is 8.42 Å². The van der Waals surface area contributed by atoms with Crippen molar-refractivity contribution in [2.24, 2.45) is 5.73 Å². The Morgan fingerprint density at radius 3 is 2.08 bits per heavy atom. The van der Waals surface area contributed by atoms with Gasteiger partial charge in [0, 0.05) is 0 Å². The number of rotatable bonds is 4. The summed E-state index contributed by atoms with van der Waals surface area (Å²) in [4.78, 5) is 0.152. The van der Waals surface area contributed by atoms with Crippen LogP contribution in [0.5, 0.6) is 0 Å². The van der Waals surface area contributed by atoms with Gasteiger partial charge in [-0.3, -0.25) is 0 Å². The van der Waals surface area contributed by atoms with E-state index in [1.807, 2.05) is 0 Å². The lowest BCUT2D eigenvalue weighted by Crippen LogP contribution is -2.43. The van der Waals surface area contributed by atoms with Crippen LogP contribution in [0.2, 0.25) is 0 Å². The molecule has 0 radical (unpaired) electrons. The highest BCUT2D eigenvalue weighted by Crippen LogP contribution is 1.97. The van der Waals surface area contributed by atoms with E-state index in [0.717, 1.165) is 0 Å². The smallest absolute Gasteiger partial charge is 0.214 e. The van der Waals surface area contributed by atoms with Crippen LogP contribution in [0.25, 0.3) is 0 Å². The van der Waals surface area contributed by atoms with E-state index in [-0.39, 0.29) is 4.99 Å². The van der Waals surface area contributed by atoms with Gasteiger partial charge in [-0.15, -0.1) is 0 Å². The van der Waals surface area contributed by atoms with Crippen molar-refractivity contribution in [2.75, 3.05) is 0 Å². The lowest BCUT2D eigenvalue weighted by Gasteiger charge is -2.14. The molecule has 0 aromatic rings. The molecular formula is C6H14N2O2S2. The van der Waals surface area contributed by atoms with Crippen LogP contribution in [0.3, 0.4) is 0 Å². The molecule has 0 aromatic carbocycles. The Morgan fingerprint density at radius 2 is 1.83 bits per heavy atom. The van der Waals surface area contributed by atoms with Gasteiger partial charge >= 0.3 is 0 Å². The third-order valence-electron chi connectivity index (χ3n) is 1.39. The Labute approximate surface area is 78.6 Å². The molecule has 3 N–H and O–H groups in total. The van der Waals surface area contributed by atoms with E-state index in [4.69, 9.17) is 5.73 Å². The van der Waals surface area contributed by atoms with Gasteiger partial charge in [0.2, 0.25) is 10.0 Å². The normalized spacial score (nSPS) is 14.7. The van der Waals surface area contributed by atoms with Crippen molar-refractivity contribution in [3.8, 4) is 0 Å². The minimum Gasteiger partial charge on any atom is -0.392 e. The Hall–Kier alpha value is -0.200. The molecule has 0 aliphatic heterocycles. The maximum Gasteiger partial charge on any atom is 0.214 e. The summed E-state index contributed by atoms with van der Waals surface area (Å²) in [5.41, 5.74) is 5.25. The fourth-order valence-corrected chi connectivity index (χ4v) is 1.47. The minimum absolute atomic E-state index is 0.152. The molecule has 1 atom stereocenters. The van der Waals surface area contributed by atoms with E-state index in [1.54, 1.807) is 20.8 Å². The maximum absolute atomic E-state index is 11.2. The molecule has 12 heavy (non-hydrogen) atoms. The molecule has 0 saturated heterocycles. The van der Waals surface area contributed by atoms with E-state index < -0.39 is 21.3 Å². The van der Waals surface area contributed by atoms with E-state index >= 15 is 0 Å². The molecule has 0 amide bonds. The molecule has 4 nitrogen and oxygen atoms in total. The standard InChI is InChI=1S/C6H14N2O2S2/c1-4(2)12(9,10)8-5(3)6(7)11/h4-5,8H,1-3H3,(H2,7,11). The first-order chi connectivity index (χ1) is 5.27. The molecule has 0 heterocycles. The molecule has 0 bridgehead atoms. The highest BCUT2D eigenvalue weighted by Gasteiger charge is 2.19. The predicted octanol–water partition coefficient (Wildman–Crippen LogP) is -0.0112. The second-order valence-corrected chi connectivity index (χ2v) is 5.58. The summed E-state index contributed by atoms with van der Waals surface area (Å²) in [5, 5.41) is -0.464. The fourth-order valence-electron chi connectivity index (χ4n) is 0.441. The highest BCUT2D eigenvalue weighted by molar-refractivity contribution is 7.90. The van der Waals surface area contributed by atoms with E-state index in [1.165, 1.54) is 0 Å². The van der Waals surface area contributed by atoms with E-state index in [0.29, 0.717) is 0 Å². The van der Waals surface area contributed by atoms with Gasteiger partial charge in [-0.2, -0.15) is 0 Å². The maximum atomic E-state index is 11.2. The van der Waals surface area contributed by atoms with Gasteiger partial charge in [-0.05, 0) is 20.8 Å². The van der Waals surface area contributed by atoms with Gasteiger partial charge in [0.15, 0.2) is 0 Å². The number of hydrogen-bond acceptors (Lipinski definition) is 3. The molecular weight excluding hydrogens is 196 g/mol.